The van der Waals surface area contributed by atoms with E-state index < -0.39 is 5.97 Å². The summed E-state index contributed by atoms with van der Waals surface area (Å²) in [6.07, 6.45) is 0.571. The zero-order chi connectivity index (χ0) is 15.1. The minimum atomic E-state index is -0.545. The van der Waals surface area contributed by atoms with Crippen LogP contribution in [0.4, 0.5) is 0 Å². The first kappa shape index (κ1) is 14.6. The van der Waals surface area contributed by atoms with Crippen LogP contribution in [0, 0.1) is 0 Å². The highest BCUT2D eigenvalue weighted by Crippen LogP contribution is 2.27. The number of esters is 1. The van der Waals surface area contributed by atoms with E-state index in [1.165, 1.54) is 18.2 Å². The Hall–Kier alpha value is -2.82. The average molecular weight is 286 g/mol. The Balaban J connectivity index is 1.99. The molecule has 0 aromatic heterocycles. The Kier molecular flexibility index (Phi) is 4.93. The molecule has 0 aliphatic heterocycles. The molecule has 0 radical (unpaired) electrons. The Bertz CT molecular complexity index is 622. The van der Waals surface area contributed by atoms with E-state index in [2.05, 4.69) is 0 Å². The van der Waals surface area contributed by atoms with Gasteiger partial charge in [-0.15, -0.1) is 0 Å². The molecule has 0 heterocycles. The summed E-state index contributed by atoms with van der Waals surface area (Å²) in [5.74, 6) is -0.621. The molecule has 2 aromatic carbocycles. The third-order valence-electron chi connectivity index (χ3n) is 2.71. The predicted molar refractivity (Wildman–Crippen MR) is 75.2 cm³/mol. The monoisotopic (exact) mass is 286 g/mol. The summed E-state index contributed by atoms with van der Waals surface area (Å²) < 4.78 is 10.1. The Morgan fingerprint density at radius 1 is 1.14 bits per heavy atom. The van der Waals surface area contributed by atoms with Gasteiger partial charge in [-0.3, -0.25) is 4.79 Å². The van der Waals surface area contributed by atoms with E-state index in [0.717, 1.165) is 5.56 Å². The number of ether oxygens (including phenoxy) is 2. The number of carbonyl (C=O) groups is 2. The number of aldehydes is 1. The summed E-state index contributed by atoms with van der Waals surface area (Å²) in [5.41, 5.74) is 1.09. The largest absolute Gasteiger partial charge is 0.504 e. The highest BCUT2D eigenvalue weighted by molar-refractivity contribution is 5.90. The summed E-state index contributed by atoms with van der Waals surface area (Å²) in [6, 6.07) is 13.4. The molecule has 0 bridgehead atoms. The van der Waals surface area contributed by atoms with Gasteiger partial charge in [-0.1, -0.05) is 30.3 Å². The lowest BCUT2D eigenvalue weighted by atomic mass is 10.2. The van der Waals surface area contributed by atoms with E-state index in [4.69, 9.17) is 9.47 Å². The van der Waals surface area contributed by atoms with Crippen LogP contribution in [0.2, 0.25) is 0 Å². The number of aromatic hydroxyl groups is 1. The molecule has 0 aliphatic rings. The zero-order valence-corrected chi connectivity index (χ0v) is 11.2. The third-order valence-corrected chi connectivity index (χ3v) is 2.71. The summed E-state index contributed by atoms with van der Waals surface area (Å²) in [5, 5.41) is 9.70. The van der Waals surface area contributed by atoms with Crippen LogP contribution in [0.5, 0.6) is 11.5 Å². The van der Waals surface area contributed by atoms with Crippen molar-refractivity contribution in [1.29, 1.82) is 0 Å². The fourth-order valence-corrected chi connectivity index (χ4v) is 1.70. The van der Waals surface area contributed by atoms with Gasteiger partial charge >= 0.3 is 5.97 Å². The Morgan fingerprint density at radius 3 is 2.57 bits per heavy atom. The van der Waals surface area contributed by atoms with Crippen molar-refractivity contribution in [3.8, 4) is 11.5 Å². The smallest absolute Gasteiger partial charge is 0.338 e. The predicted octanol–water partition coefficient (Wildman–Crippen LogP) is 2.33. The molecule has 1 N–H and O–H groups in total. The van der Waals surface area contributed by atoms with Crippen LogP contribution in [0.25, 0.3) is 0 Å². The second-order valence-electron chi connectivity index (χ2n) is 4.22. The van der Waals surface area contributed by atoms with Gasteiger partial charge < -0.3 is 14.6 Å². The lowest BCUT2D eigenvalue weighted by Gasteiger charge is -2.08. The second kappa shape index (κ2) is 7.09. The highest BCUT2D eigenvalue weighted by atomic mass is 16.5. The van der Waals surface area contributed by atoms with E-state index in [1.54, 1.807) is 0 Å². The van der Waals surface area contributed by atoms with Crippen LogP contribution < -0.4 is 4.74 Å². The van der Waals surface area contributed by atoms with Gasteiger partial charge in [0.1, 0.15) is 13.2 Å². The van der Waals surface area contributed by atoms with Gasteiger partial charge in [-0.25, -0.2) is 4.79 Å². The van der Waals surface area contributed by atoms with Crippen LogP contribution in [-0.2, 0) is 16.1 Å². The fraction of sp³-hybridized carbons (Fsp3) is 0.125. The van der Waals surface area contributed by atoms with Crippen LogP contribution in [0.15, 0.2) is 48.5 Å². The normalized spacial score (nSPS) is 9.90. The maximum absolute atomic E-state index is 11.9. The van der Waals surface area contributed by atoms with E-state index in [1.807, 2.05) is 30.3 Å². The van der Waals surface area contributed by atoms with Crippen molar-refractivity contribution >= 4 is 12.3 Å². The summed E-state index contributed by atoms with van der Waals surface area (Å²) >= 11 is 0. The molecule has 21 heavy (non-hydrogen) atoms. The molecule has 0 atom stereocenters. The molecule has 5 nitrogen and oxygen atoms in total. The van der Waals surface area contributed by atoms with Gasteiger partial charge in [0.25, 0.3) is 0 Å². The maximum Gasteiger partial charge on any atom is 0.338 e. The SMILES string of the molecule is O=CCOc1ccc(C(=O)OCc2ccccc2)cc1O. The van der Waals surface area contributed by atoms with Crippen molar-refractivity contribution in [3.05, 3.63) is 59.7 Å². The first-order valence-corrected chi connectivity index (χ1v) is 6.31. The van der Waals surface area contributed by atoms with Crippen molar-refractivity contribution in [2.45, 2.75) is 6.61 Å². The lowest BCUT2D eigenvalue weighted by Crippen LogP contribution is -2.05. The number of phenolic OH excluding ortho intramolecular Hbond substituents is 1. The van der Waals surface area contributed by atoms with E-state index in [-0.39, 0.29) is 30.3 Å². The number of hydrogen-bond donors (Lipinski definition) is 1. The first-order chi connectivity index (χ1) is 10.2. The maximum atomic E-state index is 11.9. The lowest BCUT2D eigenvalue weighted by molar-refractivity contribution is -0.109. The second-order valence-corrected chi connectivity index (χ2v) is 4.22. The minimum Gasteiger partial charge on any atom is -0.504 e. The van der Waals surface area contributed by atoms with E-state index >= 15 is 0 Å². The topological polar surface area (TPSA) is 72.8 Å². The zero-order valence-electron chi connectivity index (χ0n) is 11.2. The molecule has 0 fully saturated rings. The van der Waals surface area contributed by atoms with Gasteiger partial charge in [0.05, 0.1) is 5.56 Å². The van der Waals surface area contributed by atoms with Crippen molar-refractivity contribution in [1.82, 2.24) is 0 Å². The molecule has 0 unspecified atom stereocenters. The van der Waals surface area contributed by atoms with Crippen molar-refractivity contribution in [3.63, 3.8) is 0 Å². The minimum absolute atomic E-state index is 0.140. The molecular formula is C16H14O5. The standard InChI is InChI=1S/C16H14O5/c17-8-9-20-15-7-6-13(10-14(15)18)16(19)21-11-12-4-2-1-3-5-12/h1-8,10,18H,9,11H2. The van der Waals surface area contributed by atoms with Crippen molar-refractivity contribution in [2.24, 2.45) is 0 Å². The Morgan fingerprint density at radius 2 is 1.90 bits per heavy atom. The van der Waals surface area contributed by atoms with Crippen molar-refractivity contribution in [2.75, 3.05) is 6.61 Å². The number of benzene rings is 2. The molecule has 0 spiro atoms. The molecule has 0 aliphatic carbocycles. The van der Waals surface area contributed by atoms with Gasteiger partial charge in [-0.05, 0) is 23.8 Å². The Labute approximate surface area is 121 Å². The van der Waals surface area contributed by atoms with Crippen LogP contribution >= 0.6 is 0 Å². The summed E-state index contributed by atoms with van der Waals surface area (Å²) in [4.78, 5) is 22.1. The molecule has 0 amide bonds. The molecule has 5 heteroatoms. The molecule has 2 aromatic rings. The van der Waals surface area contributed by atoms with E-state index in [0.29, 0.717) is 6.29 Å². The van der Waals surface area contributed by atoms with Gasteiger partial charge in [0.2, 0.25) is 0 Å². The number of hydrogen-bond acceptors (Lipinski definition) is 5. The number of rotatable bonds is 6. The molecule has 0 saturated carbocycles. The van der Waals surface area contributed by atoms with E-state index in [9.17, 15) is 14.7 Å². The van der Waals surface area contributed by atoms with Crippen LogP contribution in [-0.4, -0.2) is 24.0 Å². The average Bonchev–Trinajstić information content (AvgIpc) is 2.52. The number of phenols is 1. The highest BCUT2D eigenvalue weighted by Gasteiger charge is 2.11. The number of carbonyl (C=O) groups excluding carboxylic acids is 2. The first-order valence-electron chi connectivity index (χ1n) is 6.31. The van der Waals surface area contributed by atoms with Gasteiger partial charge in [0.15, 0.2) is 17.8 Å². The van der Waals surface area contributed by atoms with Crippen LogP contribution in [0.1, 0.15) is 15.9 Å². The van der Waals surface area contributed by atoms with Crippen LogP contribution in [0.3, 0.4) is 0 Å². The van der Waals surface area contributed by atoms with Gasteiger partial charge in [-0.2, -0.15) is 0 Å². The molecule has 108 valence electrons. The molecule has 0 saturated heterocycles. The van der Waals surface area contributed by atoms with Gasteiger partial charge in [0, 0.05) is 0 Å². The summed E-state index contributed by atoms with van der Waals surface area (Å²) in [7, 11) is 0. The van der Waals surface area contributed by atoms with Crippen molar-refractivity contribution < 1.29 is 24.2 Å². The third kappa shape index (κ3) is 4.07. The molecular weight excluding hydrogens is 272 g/mol. The fourth-order valence-electron chi connectivity index (χ4n) is 1.70. The summed E-state index contributed by atoms with van der Waals surface area (Å²) in [6.45, 7) is -0.00477. The molecule has 2 rings (SSSR count). The quantitative estimate of drug-likeness (QED) is 0.651.